The van der Waals surface area contributed by atoms with Crippen LogP contribution in [0, 0.1) is 0 Å². The van der Waals surface area contributed by atoms with Crippen LogP contribution in [0.25, 0.3) is 11.5 Å². The molecule has 1 aromatic carbocycles. The van der Waals surface area contributed by atoms with Crippen molar-refractivity contribution >= 4 is 5.91 Å². The van der Waals surface area contributed by atoms with Crippen LogP contribution in [0.2, 0.25) is 0 Å². The Morgan fingerprint density at radius 1 is 1.32 bits per heavy atom. The quantitative estimate of drug-likeness (QED) is 0.493. The van der Waals surface area contributed by atoms with Gasteiger partial charge in [-0.05, 0) is 17.7 Å². The lowest BCUT2D eigenvalue weighted by Gasteiger charge is -2.01. The van der Waals surface area contributed by atoms with Gasteiger partial charge in [-0.1, -0.05) is 12.1 Å². The lowest BCUT2D eigenvalue weighted by Crippen LogP contribution is -2.31. The second-order valence-electron chi connectivity index (χ2n) is 3.69. The molecular weight excluding hydrogens is 258 g/mol. The van der Waals surface area contributed by atoms with E-state index in [-0.39, 0.29) is 18.2 Å². The second-order valence-corrected chi connectivity index (χ2v) is 3.69. The molecule has 0 unspecified atom stereocenters. The van der Waals surface area contributed by atoms with Crippen molar-refractivity contribution in [1.29, 1.82) is 0 Å². The van der Waals surface area contributed by atoms with E-state index in [1.807, 2.05) is 5.43 Å². The highest BCUT2D eigenvalue weighted by Crippen LogP contribution is 2.23. The van der Waals surface area contributed by atoms with Crippen molar-refractivity contribution in [2.24, 2.45) is 5.84 Å². The summed E-state index contributed by atoms with van der Waals surface area (Å²) < 4.78 is 29.4. The molecule has 3 N–H and O–H groups in total. The van der Waals surface area contributed by atoms with Gasteiger partial charge in [-0.3, -0.25) is 10.2 Å². The molecule has 0 saturated heterocycles. The first kappa shape index (κ1) is 13.1. The predicted molar refractivity (Wildman–Crippen MR) is 60.7 cm³/mol. The maximum Gasteiger partial charge on any atom is 0.314 e. The van der Waals surface area contributed by atoms with Gasteiger partial charge in [-0.2, -0.15) is 8.78 Å². The predicted octanol–water partition coefficient (Wildman–Crippen LogP) is 1.21. The van der Waals surface area contributed by atoms with E-state index in [2.05, 4.69) is 10.2 Å². The highest BCUT2D eigenvalue weighted by molar-refractivity contribution is 5.78. The standard InChI is InChI=1S/C11H10F2N4O2/c12-9(13)11-17-16-10(19-11)7-3-1-6(2-4-7)5-8(18)15-14/h1-4,9H,5,14H2,(H,15,18). The molecule has 0 fully saturated rings. The maximum absolute atomic E-state index is 12.3. The van der Waals surface area contributed by atoms with E-state index in [9.17, 15) is 13.6 Å². The van der Waals surface area contributed by atoms with Gasteiger partial charge in [0.25, 0.3) is 5.89 Å². The summed E-state index contributed by atoms with van der Waals surface area (Å²) in [6.45, 7) is 0. The van der Waals surface area contributed by atoms with Crippen LogP contribution in [-0.2, 0) is 11.2 Å². The Morgan fingerprint density at radius 3 is 2.53 bits per heavy atom. The van der Waals surface area contributed by atoms with Crippen molar-refractivity contribution in [3.05, 3.63) is 35.7 Å². The summed E-state index contributed by atoms with van der Waals surface area (Å²) >= 11 is 0. The van der Waals surface area contributed by atoms with Crippen molar-refractivity contribution in [1.82, 2.24) is 15.6 Å². The van der Waals surface area contributed by atoms with Gasteiger partial charge >= 0.3 is 6.43 Å². The van der Waals surface area contributed by atoms with E-state index in [0.717, 1.165) is 5.56 Å². The summed E-state index contributed by atoms with van der Waals surface area (Å²) in [7, 11) is 0. The summed E-state index contributed by atoms with van der Waals surface area (Å²) in [6, 6.07) is 6.50. The van der Waals surface area contributed by atoms with Crippen molar-refractivity contribution < 1.29 is 18.0 Å². The number of carbonyl (C=O) groups is 1. The van der Waals surface area contributed by atoms with E-state index in [4.69, 9.17) is 10.3 Å². The zero-order valence-electron chi connectivity index (χ0n) is 9.64. The lowest BCUT2D eigenvalue weighted by molar-refractivity contribution is -0.120. The summed E-state index contributed by atoms with van der Waals surface area (Å²) in [4.78, 5) is 11.1. The van der Waals surface area contributed by atoms with E-state index >= 15 is 0 Å². The van der Waals surface area contributed by atoms with Crippen LogP contribution in [0.1, 0.15) is 17.9 Å². The smallest absolute Gasteiger partial charge is 0.314 e. The molecule has 2 rings (SSSR count). The number of hydrogen-bond donors (Lipinski definition) is 2. The van der Waals surface area contributed by atoms with Crippen molar-refractivity contribution in [3.63, 3.8) is 0 Å². The van der Waals surface area contributed by atoms with Crippen LogP contribution in [0.5, 0.6) is 0 Å². The molecule has 0 bridgehead atoms. The van der Waals surface area contributed by atoms with Gasteiger partial charge in [0.15, 0.2) is 0 Å². The summed E-state index contributed by atoms with van der Waals surface area (Å²) in [6.07, 6.45) is -2.67. The Morgan fingerprint density at radius 2 is 2.00 bits per heavy atom. The van der Waals surface area contributed by atoms with Gasteiger partial charge < -0.3 is 4.42 Å². The Bertz CT molecular complexity index is 568. The summed E-state index contributed by atoms with van der Waals surface area (Å²) in [5.41, 5.74) is 3.23. The Balaban J connectivity index is 2.15. The fourth-order valence-corrected chi connectivity index (χ4v) is 1.44. The minimum atomic E-state index is -2.80. The van der Waals surface area contributed by atoms with Gasteiger partial charge in [0.2, 0.25) is 11.8 Å². The largest absolute Gasteiger partial charge is 0.415 e. The van der Waals surface area contributed by atoms with Crippen LogP contribution >= 0.6 is 0 Å². The normalized spacial score (nSPS) is 10.7. The topological polar surface area (TPSA) is 94.0 Å². The fourth-order valence-electron chi connectivity index (χ4n) is 1.44. The molecule has 0 atom stereocenters. The van der Waals surface area contributed by atoms with Gasteiger partial charge in [0.05, 0.1) is 6.42 Å². The third kappa shape index (κ3) is 3.10. The Kier molecular flexibility index (Phi) is 3.81. The van der Waals surface area contributed by atoms with Crippen LogP contribution in [0.3, 0.4) is 0 Å². The zero-order chi connectivity index (χ0) is 13.8. The average molecular weight is 268 g/mol. The zero-order valence-corrected chi connectivity index (χ0v) is 9.64. The monoisotopic (exact) mass is 268 g/mol. The number of halogens is 2. The van der Waals surface area contributed by atoms with Crippen molar-refractivity contribution in [3.8, 4) is 11.5 Å². The molecule has 2 aromatic rings. The molecule has 100 valence electrons. The summed E-state index contributed by atoms with van der Waals surface area (Å²) in [5.74, 6) is 3.92. The first-order valence-corrected chi connectivity index (χ1v) is 5.30. The van der Waals surface area contributed by atoms with Crippen LogP contribution in [0.4, 0.5) is 8.78 Å². The molecule has 8 heteroatoms. The number of benzene rings is 1. The first-order valence-electron chi connectivity index (χ1n) is 5.30. The van der Waals surface area contributed by atoms with Gasteiger partial charge in [0.1, 0.15) is 0 Å². The molecule has 1 aromatic heterocycles. The lowest BCUT2D eigenvalue weighted by atomic mass is 10.1. The number of nitrogens with zero attached hydrogens (tertiary/aromatic N) is 2. The molecule has 0 aliphatic rings. The van der Waals surface area contributed by atoms with Gasteiger partial charge in [-0.15, -0.1) is 10.2 Å². The maximum atomic E-state index is 12.3. The Hall–Kier alpha value is -2.35. The molecule has 0 radical (unpaired) electrons. The van der Waals surface area contributed by atoms with Gasteiger partial charge in [-0.25, -0.2) is 5.84 Å². The number of aromatic nitrogens is 2. The average Bonchev–Trinajstić information content (AvgIpc) is 2.89. The first-order chi connectivity index (χ1) is 9.10. The van der Waals surface area contributed by atoms with Crippen molar-refractivity contribution in [2.45, 2.75) is 12.8 Å². The number of carbonyl (C=O) groups excluding carboxylic acids is 1. The van der Waals surface area contributed by atoms with Crippen LogP contribution in [0.15, 0.2) is 28.7 Å². The van der Waals surface area contributed by atoms with Crippen LogP contribution in [-0.4, -0.2) is 16.1 Å². The summed E-state index contributed by atoms with van der Waals surface area (Å²) in [5, 5.41) is 6.75. The molecule has 19 heavy (non-hydrogen) atoms. The molecule has 6 nitrogen and oxygen atoms in total. The van der Waals surface area contributed by atoms with Crippen LogP contribution < -0.4 is 11.3 Å². The molecule has 0 aliphatic heterocycles. The van der Waals surface area contributed by atoms with E-state index in [0.29, 0.717) is 5.56 Å². The number of hydrazine groups is 1. The number of rotatable bonds is 4. The number of nitrogens with one attached hydrogen (secondary N) is 1. The molecule has 0 saturated carbocycles. The second kappa shape index (κ2) is 5.53. The SMILES string of the molecule is NNC(=O)Cc1ccc(-c2nnc(C(F)F)o2)cc1. The molecule has 1 heterocycles. The number of alkyl halides is 2. The third-order valence-corrected chi connectivity index (χ3v) is 2.35. The molecule has 1 amide bonds. The molecule has 0 spiro atoms. The fraction of sp³-hybridized carbons (Fsp3) is 0.182. The minimum absolute atomic E-state index is 0.00475. The third-order valence-electron chi connectivity index (χ3n) is 2.35. The number of amides is 1. The minimum Gasteiger partial charge on any atom is -0.415 e. The molecular formula is C11H10F2N4O2. The van der Waals surface area contributed by atoms with Gasteiger partial charge in [0, 0.05) is 5.56 Å². The number of hydrogen-bond acceptors (Lipinski definition) is 5. The highest BCUT2D eigenvalue weighted by atomic mass is 19.3. The highest BCUT2D eigenvalue weighted by Gasteiger charge is 2.16. The number of nitrogens with two attached hydrogens (primary N) is 1. The Labute approximate surface area is 106 Å². The molecule has 0 aliphatic carbocycles. The van der Waals surface area contributed by atoms with E-state index < -0.39 is 12.3 Å². The van der Waals surface area contributed by atoms with Crippen molar-refractivity contribution in [2.75, 3.05) is 0 Å². The van der Waals surface area contributed by atoms with E-state index in [1.165, 1.54) is 0 Å². The van der Waals surface area contributed by atoms with E-state index in [1.54, 1.807) is 24.3 Å².